The first-order valence-electron chi connectivity index (χ1n) is 8.74. The molecule has 2 aromatic rings. The van der Waals surface area contributed by atoms with Crippen molar-refractivity contribution in [2.45, 2.75) is 44.2 Å². The van der Waals surface area contributed by atoms with Gasteiger partial charge in [-0.15, -0.1) is 0 Å². The van der Waals surface area contributed by atoms with Crippen molar-refractivity contribution in [3.05, 3.63) is 53.5 Å². The minimum absolute atomic E-state index is 0.0368. The van der Waals surface area contributed by atoms with Crippen LogP contribution < -0.4 is 4.74 Å². The van der Waals surface area contributed by atoms with Gasteiger partial charge in [0, 0.05) is 11.1 Å². The van der Waals surface area contributed by atoms with E-state index in [-0.39, 0.29) is 42.2 Å². The third-order valence-corrected chi connectivity index (χ3v) is 6.17. The molecule has 130 valence electrons. The number of hydrogen-bond donors (Lipinski definition) is 0. The average Bonchev–Trinajstić information content (AvgIpc) is 3.36. The molecule has 1 aromatic carbocycles. The molecule has 4 heterocycles. The Bertz CT molecular complexity index is 827. The van der Waals surface area contributed by atoms with Gasteiger partial charge in [-0.25, -0.2) is 0 Å². The van der Waals surface area contributed by atoms with Crippen LogP contribution in [-0.2, 0) is 14.9 Å². The van der Waals surface area contributed by atoms with E-state index in [1.165, 1.54) is 0 Å². The summed E-state index contributed by atoms with van der Waals surface area (Å²) in [6, 6.07) is 7.77. The maximum Gasteiger partial charge on any atom is 0.203 e. The molecule has 5 heteroatoms. The molecule has 1 aromatic heterocycles. The first kappa shape index (κ1) is 15.2. The van der Waals surface area contributed by atoms with E-state index in [4.69, 9.17) is 18.6 Å². The summed E-state index contributed by atoms with van der Waals surface area (Å²) >= 11 is 0. The van der Waals surface area contributed by atoms with Gasteiger partial charge in [0.25, 0.3) is 0 Å². The predicted octanol–water partition coefficient (Wildman–Crippen LogP) is 3.64. The number of furan rings is 1. The number of ketones is 1. The maximum absolute atomic E-state index is 12.1. The lowest BCUT2D eigenvalue weighted by Gasteiger charge is -2.32. The highest BCUT2D eigenvalue weighted by molar-refractivity contribution is 6.02. The van der Waals surface area contributed by atoms with E-state index in [0.29, 0.717) is 11.3 Å². The molecular weight excluding hydrogens is 320 g/mol. The maximum atomic E-state index is 12.1. The molecule has 0 radical (unpaired) electrons. The molecular formula is C20H20O5. The van der Waals surface area contributed by atoms with Crippen LogP contribution >= 0.6 is 0 Å². The number of para-hydroxylation sites is 1. The first-order chi connectivity index (χ1) is 12.1. The molecule has 5 rings (SSSR count). The molecule has 5 unspecified atom stereocenters. The van der Waals surface area contributed by atoms with Gasteiger partial charge in [-0.1, -0.05) is 19.1 Å². The number of carbonyl (C=O) groups is 1. The van der Waals surface area contributed by atoms with Crippen LogP contribution in [0.3, 0.4) is 0 Å². The van der Waals surface area contributed by atoms with Gasteiger partial charge in [-0.05, 0) is 31.4 Å². The van der Waals surface area contributed by atoms with Gasteiger partial charge in [0.2, 0.25) is 5.78 Å². The minimum Gasteiger partial charge on any atom is -0.484 e. The van der Waals surface area contributed by atoms with Gasteiger partial charge >= 0.3 is 0 Å². The molecule has 25 heavy (non-hydrogen) atoms. The second-order valence-electron chi connectivity index (χ2n) is 7.28. The van der Waals surface area contributed by atoms with E-state index in [0.717, 1.165) is 17.5 Å². The largest absolute Gasteiger partial charge is 0.484 e. The Morgan fingerprint density at radius 2 is 2.04 bits per heavy atom. The molecule has 3 aliphatic heterocycles. The van der Waals surface area contributed by atoms with Crippen LogP contribution in [0.4, 0.5) is 0 Å². The van der Waals surface area contributed by atoms with Crippen LogP contribution in [0.25, 0.3) is 0 Å². The van der Waals surface area contributed by atoms with Crippen molar-refractivity contribution in [3.8, 4) is 5.75 Å². The van der Waals surface area contributed by atoms with Crippen molar-refractivity contribution in [2.75, 3.05) is 6.61 Å². The second kappa shape index (κ2) is 5.19. The smallest absolute Gasteiger partial charge is 0.203 e. The van der Waals surface area contributed by atoms with Crippen molar-refractivity contribution in [1.82, 2.24) is 0 Å². The monoisotopic (exact) mass is 340 g/mol. The van der Waals surface area contributed by atoms with Crippen molar-refractivity contribution < 1.29 is 23.4 Å². The summed E-state index contributed by atoms with van der Waals surface area (Å²) < 4.78 is 23.5. The summed E-state index contributed by atoms with van der Waals surface area (Å²) in [4.78, 5) is 12.1. The van der Waals surface area contributed by atoms with Gasteiger partial charge in [0.05, 0.1) is 35.7 Å². The summed E-state index contributed by atoms with van der Waals surface area (Å²) in [5.74, 6) is 0.980. The summed E-state index contributed by atoms with van der Waals surface area (Å²) in [5, 5.41) is 0. The highest BCUT2D eigenvalue weighted by atomic mass is 16.7. The standard InChI is InChI=1S/C20H20O5/c1-11-12(2)24-19-20(11,8-17(25-19)13-6-7-22-9-13)15-5-3-4-14-16(21)10-23-18(14)15/h3-7,9,11-12,17,19H,8,10H2,1-2H3. The number of carbonyl (C=O) groups excluding carboxylic acids is 1. The van der Waals surface area contributed by atoms with Gasteiger partial charge in [-0.3, -0.25) is 4.79 Å². The summed E-state index contributed by atoms with van der Waals surface area (Å²) in [6.07, 6.45) is 3.78. The summed E-state index contributed by atoms with van der Waals surface area (Å²) in [6.45, 7) is 4.39. The Balaban J connectivity index is 1.65. The average molecular weight is 340 g/mol. The van der Waals surface area contributed by atoms with E-state index in [9.17, 15) is 4.79 Å². The number of fused-ring (bicyclic) bond motifs is 2. The van der Waals surface area contributed by atoms with Crippen molar-refractivity contribution in [3.63, 3.8) is 0 Å². The lowest BCUT2D eigenvalue weighted by atomic mass is 9.67. The fraction of sp³-hybridized carbons (Fsp3) is 0.450. The molecule has 0 amide bonds. The Kier molecular flexibility index (Phi) is 3.15. The molecule has 0 N–H and O–H groups in total. The van der Waals surface area contributed by atoms with Crippen LogP contribution in [0.1, 0.15) is 47.9 Å². The van der Waals surface area contributed by atoms with Gasteiger partial charge in [-0.2, -0.15) is 0 Å². The lowest BCUT2D eigenvalue weighted by Crippen LogP contribution is -2.37. The predicted molar refractivity (Wildman–Crippen MR) is 88.6 cm³/mol. The Hall–Kier alpha value is -2.11. The molecule has 0 aliphatic carbocycles. The SMILES string of the molecule is CC1OC2OC(c3ccoc3)CC2(c2cccc3c2OCC3=O)C1C. The molecule has 5 atom stereocenters. The lowest BCUT2D eigenvalue weighted by molar-refractivity contribution is -0.140. The number of ether oxygens (including phenoxy) is 3. The first-order valence-corrected chi connectivity index (χ1v) is 8.74. The number of hydrogen-bond acceptors (Lipinski definition) is 5. The Morgan fingerprint density at radius 1 is 1.16 bits per heavy atom. The third kappa shape index (κ3) is 1.94. The van der Waals surface area contributed by atoms with E-state index in [1.807, 2.05) is 18.2 Å². The molecule has 2 saturated heterocycles. The molecule has 0 spiro atoms. The topological polar surface area (TPSA) is 57.9 Å². The molecule has 2 fully saturated rings. The van der Waals surface area contributed by atoms with E-state index >= 15 is 0 Å². The normalized spacial score (nSPS) is 36.3. The van der Waals surface area contributed by atoms with Crippen molar-refractivity contribution in [1.29, 1.82) is 0 Å². The van der Waals surface area contributed by atoms with Crippen LogP contribution in [0, 0.1) is 5.92 Å². The number of benzene rings is 1. The van der Waals surface area contributed by atoms with Crippen LogP contribution in [0.5, 0.6) is 5.75 Å². The zero-order chi connectivity index (χ0) is 17.2. The van der Waals surface area contributed by atoms with Gasteiger partial charge in [0.1, 0.15) is 5.75 Å². The van der Waals surface area contributed by atoms with Gasteiger partial charge in [0.15, 0.2) is 12.9 Å². The number of rotatable bonds is 2. The quantitative estimate of drug-likeness (QED) is 0.835. The fourth-order valence-corrected chi connectivity index (χ4v) is 4.64. The highest BCUT2D eigenvalue weighted by Crippen LogP contribution is 2.59. The van der Waals surface area contributed by atoms with E-state index < -0.39 is 0 Å². The van der Waals surface area contributed by atoms with E-state index in [1.54, 1.807) is 12.5 Å². The molecule has 0 saturated carbocycles. The van der Waals surface area contributed by atoms with Gasteiger partial charge < -0.3 is 18.6 Å². The Labute approximate surface area is 145 Å². The van der Waals surface area contributed by atoms with E-state index in [2.05, 4.69) is 19.9 Å². The van der Waals surface area contributed by atoms with Crippen LogP contribution in [0.15, 0.2) is 41.2 Å². The number of Topliss-reactive ketones (excluding diaryl/α,β-unsaturated/α-hetero) is 1. The van der Waals surface area contributed by atoms with Crippen molar-refractivity contribution in [2.24, 2.45) is 5.92 Å². The summed E-state index contributed by atoms with van der Waals surface area (Å²) in [5.41, 5.74) is 2.38. The molecule has 0 bridgehead atoms. The second-order valence-corrected chi connectivity index (χ2v) is 7.28. The minimum atomic E-state index is -0.358. The van der Waals surface area contributed by atoms with Crippen molar-refractivity contribution >= 4 is 5.78 Å². The fourth-order valence-electron chi connectivity index (χ4n) is 4.64. The highest BCUT2D eigenvalue weighted by Gasteiger charge is 2.62. The third-order valence-electron chi connectivity index (χ3n) is 6.17. The molecule has 3 aliphatic rings. The zero-order valence-corrected chi connectivity index (χ0v) is 14.2. The Morgan fingerprint density at radius 3 is 2.84 bits per heavy atom. The molecule has 5 nitrogen and oxygen atoms in total. The summed E-state index contributed by atoms with van der Waals surface area (Å²) in [7, 11) is 0. The zero-order valence-electron chi connectivity index (χ0n) is 14.2. The van der Waals surface area contributed by atoms with Crippen LogP contribution in [-0.4, -0.2) is 24.8 Å². The van der Waals surface area contributed by atoms with Crippen LogP contribution in [0.2, 0.25) is 0 Å².